The quantitative estimate of drug-likeness (QED) is 0.814. The van der Waals surface area contributed by atoms with E-state index in [2.05, 4.69) is 32.7 Å². The molecule has 1 aromatic heterocycles. The summed E-state index contributed by atoms with van der Waals surface area (Å²) in [7, 11) is 1.96. The molecule has 5 heteroatoms. The van der Waals surface area contributed by atoms with Gasteiger partial charge < -0.3 is 10.6 Å². The van der Waals surface area contributed by atoms with E-state index >= 15 is 0 Å². The maximum atomic E-state index is 5.84. The molecule has 5 nitrogen and oxygen atoms in total. The molecule has 2 N–H and O–H groups in total. The molecule has 2 aromatic rings. The van der Waals surface area contributed by atoms with Crippen LogP contribution < -0.4 is 5.73 Å². The molecule has 0 aliphatic carbocycles. The zero-order valence-electron chi connectivity index (χ0n) is 13.6. The molecular weight excluding hydrogens is 298 g/mol. The standard InChI is InChI=1S/C19H17N5/c1-4-14-6-5-7-15(10-14)18-17(13(2)22-19(20)23-18)9-8-16-11-21-12-24(16)3/h1,5-7,10,12,16H,11H2,2-3H3,(H2,20,22,23). The third-order valence-corrected chi connectivity index (χ3v) is 3.81. The summed E-state index contributed by atoms with van der Waals surface area (Å²) >= 11 is 0. The summed E-state index contributed by atoms with van der Waals surface area (Å²) < 4.78 is 0. The number of aromatic nitrogens is 2. The van der Waals surface area contributed by atoms with Crippen LogP contribution in [0.2, 0.25) is 0 Å². The van der Waals surface area contributed by atoms with Gasteiger partial charge in [0.2, 0.25) is 5.95 Å². The first-order valence-electron chi connectivity index (χ1n) is 7.53. The lowest BCUT2D eigenvalue weighted by atomic mass is 10.0. The highest BCUT2D eigenvalue weighted by atomic mass is 15.2. The molecule has 1 aromatic carbocycles. The molecule has 0 bridgehead atoms. The van der Waals surface area contributed by atoms with Gasteiger partial charge in [0.25, 0.3) is 0 Å². The Labute approximate surface area is 141 Å². The fourth-order valence-electron chi connectivity index (χ4n) is 2.50. The number of hydrogen-bond donors (Lipinski definition) is 1. The average molecular weight is 315 g/mol. The van der Waals surface area contributed by atoms with Gasteiger partial charge >= 0.3 is 0 Å². The molecule has 0 saturated heterocycles. The number of nitrogens with two attached hydrogens (primary N) is 1. The zero-order valence-corrected chi connectivity index (χ0v) is 13.6. The van der Waals surface area contributed by atoms with Gasteiger partial charge in [-0.05, 0) is 19.1 Å². The molecule has 3 rings (SSSR count). The molecule has 24 heavy (non-hydrogen) atoms. The van der Waals surface area contributed by atoms with E-state index in [-0.39, 0.29) is 12.0 Å². The van der Waals surface area contributed by atoms with Crippen molar-refractivity contribution in [2.45, 2.75) is 13.0 Å². The van der Waals surface area contributed by atoms with Gasteiger partial charge in [-0.1, -0.05) is 29.9 Å². The maximum absolute atomic E-state index is 5.84. The number of rotatable bonds is 1. The molecule has 1 atom stereocenters. The fourth-order valence-corrected chi connectivity index (χ4v) is 2.50. The van der Waals surface area contributed by atoms with Gasteiger partial charge in [-0.15, -0.1) is 6.42 Å². The predicted molar refractivity (Wildman–Crippen MR) is 96.3 cm³/mol. The molecule has 0 fully saturated rings. The van der Waals surface area contributed by atoms with Crippen molar-refractivity contribution in [3.8, 4) is 35.4 Å². The number of nitrogen functional groups attached to an aromatic ring is 1. The Hall–Kier alpha value is -3.31. The van der Waals surface area contributed by atoms with Crippen LogP contribution in [0.3, 0.4) is 0 Å². The second kappa shape index (κ2) is 6.44. The lowest BCUT2D eigenvalue weighted by molar-refractivity contribution is 0.492. The number of likely N-dealkylation sites (N-methyl/N-ethyl adjacent to an activating group) is 1. The Morgan fingerprint density at radius 3 is 2.88 bits per heavy atom. The van der Waals surface area contributed by atoms with Crippen LogP contribution in [0.1, 0.15) is 16.8 Å². The van der Waals surface area contributed by atoms with Gasteiger partial charge in [0.05, 0.1) is 29.8 Å². The summed E-state index contributed by atoms with van der Waals surface area (Å²) in [5, 5.41) is 0. The topological polar surface area (TPSA) is 67.4 Å². The van der Waals surface area contributed by atoms with Gasteiger partial charge in [-0.25, -0.2) is 9.97 Å². The molecule has 1 aliphatic heterocycles. The number of benzene rings is 1. The van der Waals surface area contributed by atoms with E-state index in [1.54, 1.807) is 6.34 Å². The molecule has 0 spiro atoms. The predicted octanol–water partition coefficient (Wildman–Crippen LogP) is 1.71. The lowest BCUT2D eigenvalue weighted by Crippen LogP contribution is -2.25. The van der Waals surface area contributed by atoms with Gasteiger partial charge in [-0.3, -0.25) is 4.99 Å². The van der Waals surface area contributed by atoms with Crippen molar-refractivity contribution in [3.05, 3.63) is 41.1 Å². The van der Waals surface area contributed by atoms with Crippen molar-refractivity contribution < 1.29 is 0 Å². The van der Waals surface area contributed by atoms with Crippen molar-refractivity contribution in [1.82, 2.24) is 14.9 Å². The van der Waals surface area contributed by atoms with Crippen molar-refractivity contribution in [1.29, 1.82) is 0 Å². The molecule has 2 heterocycles. The van der Waals surface area contributed by atoms with Crippen LogP contribution in [0.5, 0.6) is 0 Å². The minimum Gasteiger partial charge on any atom is -0.368 e. The summed E-state index contributed by atoms with van der Waals surface area (Å²) in [5.41, 5.74) is 9.71. The number of hydrogen-bond acceptors (Lipinski definition) is 5. The van der Waals surface area contributed by atoms with Crippen molar-refractivity contribution >= 4 is 12.3 Å². The highest BCUT2D eigenvalue weighted by Gasteiger charge is 2.15. The van der Waals surface area contributed by atoms with Gasteiger partial charge in [0, 0.05) is 18.2 Å². The zero-order chi connectivity index (χ0) is 17.1. The second-order valence-electron chi connectivity index (χ2n) is 5.55. The molecule has 118 valence electrons. The molecule has 1 aliphatic rings. The number of nitrogens with zero attached hydrogens (tertiary/aromatic N) is 4. The average Bonchev–Trinajstić information content (AvgIpc) is 2.98. The SMILES string of the molecule is C#Cc1cccc(-c2nc(N)nc(C)c2C#CC2CN=CN2C)c1. The van der Waals surface area contributed by atoms with Crippen molar-refractivity contribution in [3.63, 3.8) is 0 Å². The van der Waals surface area contributed by atoms with E-state index in [1.165, 1.54) is 0 Å². The van der Waals surface area contributed by atoms with E-state index in [9.17, 15) is 0 Å². The van der Waals surface area contributed by atoms with Gasteiger partial charge in [0.15, 0.2) is 0 Å². The normalized spacial score (nSPS) is 15.7. The number of aryl methyl sites for hydroxylation is 1. The summed E-state index contributed by atoms with van der Waals surface area (Å²) in [6, 6.07) is 7.67. The Balaban J connectivity index is 2.09. The number of terminal acetylenes is 1. The highest BCUT2D eigenvalue weighted by molar-refractivity contribution is 5.71. The van der Waals surface area contributed by atoms with E-state index in [0.29, 0.717) is 12.2 Å². The minimum atomic E-state index is 0.0619. The monoisotopic (exact) mass is 315 g/mol. The van der Waals surface area contributed by atoms with Crippen LogP contribution in [-0.2, 0) is 0 Å². The van der Waals surface area contributed by atoms with E-state index in [4.69, 9.17) is 12.2 Å². The van der Waals surface area contributed by atoms with Crippen molar-refractivity contribution in [2.24, 2.45) is 4.99 Å². The molecule has 0 amide bonds. The van der Waals surface area contributed by atoms with Gasteiger partial charge in [0.1, 0.15) is 6.04 Å². The lowest BCUT2D eigenvalue weighted by Gasteiger charge is -2.12. The summed E-state index contributed by atoms with van der Waals surface area (Å²) in [4.78, 5) is 14.8. The largest absolute Gasteiger partial charge is 0.368 e. The van der Waals surface area contributed by atoms with Crippen LogP contribution in [0.25, 0.3) is 11.3 Å². The highest BCUT2D eigenvalue weighted by Crippen LogP contribution is 2.24. The van der Waals surface area contributed by atoms with E-state index in [1.807, 2.05) is 43.1 Å². The number of anilines is 1. The van der Waals surface area contributed by atoms with Crippen LogP contribution in [0.15, 0.2) is 29.3 Å². The van der Waals surface area contributed by atoms with Crippen LogP contribution in [-0.4, -0.2) is 40.8 Å². The summed E-state index contributed by atoms with van der Waals surface area (Å²) in [6.45, 7) is 2.55. The van der Waals surface area contributed by atoms with E-state index < -0.39 is 0 Å². The molecule has 0 radical (unpaired) electrons. The first-order valence-corrected chi connectivity index (χ1v) is 7.53. The summed E-state index contributed by atoms with van der Waals surface area (Å²) in [6.07, 6.45) is 7.29. The fraction of sp³-hybridized carbons (Fsp3) is 0.211. The summed E-state index contributed by atoms with van der Waals surface area (Å²) in [5.74, 6) is 9.31. The Morgan fingerprint density at radius 1 is 1.33 bits per heavy atom. The first kappa shape index (κ1) is 15.6. The first-order chi connectivity index (χ1) is 11.6. The molecule has 0 saturated carbocycles. The van der Waals surface area contributed by atoms with Crippen LogP contribution in [0.4, 0.5) is 5.95 Å². The van der Waals surface area contributed by atoms with Crippen molar-refractivity contribution in [2.75, 3.05) is 19.3 Å². The second-order valence-corrected chi connectivity index (χ2v) is 5.55. The smallest absolute Gasteiger partial charge is 0.220 e. The minimum absolute atomic E-state index is 0.0619. The van der Waals surface area contributed by atoms with Crippen LogP contribution >= 0.6 is 0 Å². The molecule has 1 unspecified atom stereocenters. The Bertz CT molecular complexity index is 912. The Morgan fingerprint density at radius 2 is 2.17 bits per heavy atom. The third-order valence-electron chi connectivity index (χ3n) is 3.81. The maximum Gasteiger partial charge on any atom is 0.220 e. The van der Waals surface area contributed by atoms with Crippen LogP contribution in [0, 0.1) is 31.1 Å². The third kappa shape index (κ3) is 3.06. The number of aliphatic imine (C=N–C) groups is 1. The molecular formula is C19H17N5. The van der Waals surface area contributed by atoms with E-state index in [0.717, 1.165) is 22.4 Å². The Kier molecular flexibility index (Phi) is 4.18. The van der Waals surface area contributed by atoms with Gasteiger partial charge in [-0.2, -0.15) is 0 Å².